The van der Waals surface area contributed by atoms with E-state index in [1.807, 2.05) is 6.92 Å². The number of nitrogens with zero attached hydrogens (tertiary/aromatic N) is 1. The third-order valence-electron chi connectivity index (χ3n) is 3.63. The van der Waals surface area contributed by atoms with Crippen molar-refractivity contribution in [1.29, 1.82) is 0 Å². The highest BCUT2D eigenvalue weighted by molar-refractivity contribution is 8.18. The lowest BCUT2D eigenvalue weighted by Crippen LogP contribution is -2.10. The Morgan fingerprint density at radius 2 is 1.81 bits per heavy atom. The molecule has 0 saturated carbocycles. The molecule has 0 radical (unpaired) electrons. The zero-order valence-corrected chi connectivity index (χ0v) is 16.1. The van der Waals surface area contributed by atoms with Crippen LogP contribution in [-0.2, 0) is 14.9 Å². The number of benzene rings is 2. The number of aliphatic imine (C=N–C) groups is 1. The summed E-state index contributed by atoms with van der Waals surface area (Å²) in [4.78, 5) is 15.7. The summed E-state index contributed by atoms with van der Waals surface area (Å²) in [6.45, 7) is 1.86. The molecule has 0 aromatic heterocycles. The van der Waals surface area contributed by atoms with Gasteiger partial charge in [0.05, 0.1) is 12.0 Å². The molecule has 2 N–H and O–H groups in total. The van der Waals surface area contributed by atoms with Gasteiger partial charge in [-0.25, -0.2) is 0 Å². The van der Waals surface area contributed by atoms with Gasteiger partial charge in [0.15, 0.2) is 16.7 Å². The fourth-order valence-corrected chi connectivity index (χ4v) is 3.91. The Kier molecular flexibility index (Phi) is 5.24. The van der Waals surface area contributed by atoms with Crippen LogP contribution in [0.5, 0.6) is 11.5 Å². The minimum absolute atomic E-state index is 0.0109. The van der Waals surface area contributed by atoms with Crippen LogP contribution in [0, 0.1) is 6.92 Å². The van der Waals surface area contributed by atoms with Crippen molar-refractivity contribution in [3.63, 3.8) is 0 Å². The van der Waals surface area contributed by atoms with Crippen LogP contribution in [0.3, 0.4) is 0 Å². The molecular formula is C18H16N2O5S2. The Morgan fingerprint density at radius 3 is 2.41 bits per heavy atom. The summed E-state index contributed by atoms with van der Waals surface area (Å²) >= 11 is 1.04. The summed E-state index contributed by atoms with van der Waals surface area (Å²) in [7, 11) is -2.64. The normalized spacial score (nSPS) is 15.7. The van der Waals surface area contributed by atoms with E-state index in [2.05, 4.69) is 4.99 Å². The van der Waals surface area contributed by atoms with Gasteiger partial charge < -0.3 is 14.7 Å². The van der Waals surface area contributed by atoms with Crippen molar-refractivity contribution in [2.45, 2.75) is 11.8 Å². The number of thioether (sulfide) groups is 1. The van der Waals surface area contributed by atoms with Crippen LogP contribution in [0.15, 0.2) is 57.3 Å². The molecular weight excluding hydrogens is 388 g/mol. The number of aryl methyl sites for hydroxylation is 1. The third-order valence-corrected chi connectivity index (χ3v) is 5.69. The quantitative estimate of drug-likeness (QED) is 0.603. The van der Waals surface area contributed by atoms with Crippen LogP contribution in [0.25, 0.3) is 6.08 Å². The molecule has 1 aliphatic rings. The molecule has 27 heavy (non-hydrogen) atoms. The number of hydrogen-bond donors (Lipinski definition) is 1. The van der Waals surface area contributed by atoms with Crippen LogP contribution < -0.4 is 14.7 Å². The van der Waals surface area contributed by atoms with Gasteiger partial charge in [0.25, 0.3) is 5.91 Å². The summed E-state index contributed by atoms with van der Waals surface area (Å²) in [5.74, 6) is -0.186. The maximum absolute atomic E-state index is 12.5. The van der Waals surface area contributed by atoms with Gasteiger partial charge in [-0.3, -0.25) is 4.79 Å². The molecule has 1 heterocycles. The van der Waals surface area contributed by atoms with Gasteiger partial charge in [0, 0.05) is 0 Å². The average molecular weight is 404 g/mol. The summed E-state index contributed by atoms with van der Waals surface area (Å²) in [5, 5.41) is 0.165. The third kappa shape index (κ3) is 4.32. The number of amides is 1. The zero-order chi connectivity index (χ0) is 19.6. The van der Waals surface area contributed by atoms with Crippen molar-refractivity contribution in [2.24, 2.45) is 10.7 Å². The van der Waals surface area contributed by atoms with Gasteiger partial charge in [-0.1, -0.05) is 23.8 Å². The van der Waals surface area contributed by atoms with E-state index < -0.39 is 16.0 Å². The lowest BCUT2D eigenvalue weighted by Gasteiger charge is -2.12. The predicted molar refractivity (Wildman–Crippen MR) is 104 cm³/mol. The fourth-order valence-electron chi connectivity index (χ4n) is 2.30. The van der Waals surface area contributed by atoms with E-state index in [0.29, 0.717) is 10.5 Å². The minimum atomic E-state index is -4.04. The standard InChI is InChI=1S/C18H16N2O5S2/c1-11-3-6-13(7-4-11)27(22,23)25-15-9-12(5-8-14(15)24-2)10-16-17(21)20-18(19)26-16/h3-10H,1-2H3,(H2,19,20,21). The van der Waals surface area contributed by atoms with E-state index in [4.69, 9.17) is 14.7 Å². The second kappa shape index (κ2) is 7.45. The molecule has 1 amide bonds. The first-order chi connectivity index (χ1) is 12.8. The smallest absolute Gasteiger partial charge is 0.339 e. The monoisotopic (exact) mass is 404 g/mol. The second-order valence-corrected chi connectivity index (χ2v) is 8.24. The molecule has 2 aromatic rings. The van der Waals surface area contributed by atoms with Crippen molar-refractivity contribution in [3.05, 3.63) is 58.5 Å². The van der Waals surface area contributed by atoms with Crippen LogP contribution in [-0.4, -0.2) is 26.6 Å². The molecule has 9 heteroatoms. The Hall–Kier alpha value is -2.78. The number of hydrogen-bond acceptors (Lipinski definition) is 7. The van der Waals surface area contributed by atoms with Gasteiger partial charge in [0.2, 0.25) is 0 Å². The second-order valence-electron chi connectivity index (χ2n) is 5.63. The van der Waals surface area contributed by atoms with Gasteiger partial charge in [-0.15, -0.1) is 0 Å². The molecule has 140 valence electrons. The highest BCUT2D eigenvalue weighted by atomic mass is 32.2. The molecule has 0 bridgehead atoms. The van der Waals surface area contributed by atoms with E-state index >= 15 is 0 Å². The van der Waals surface area contributed by atoms with E-state index in [-0.39, 0.29) is 21.6 Å². The van der Waals surface area contributed by atoms with Crippen molar-refractivity contribution < 1.29 is 22.1 Å². The molecule has 0 aliphatic carbocycles. The van der Waals surface area contributed by atoms with E-state index in [1.54, 1.807) is 30.3 Å². The van der Waals surface area contributed by atoms with Gasteiger partial charge >= 0.3 is 10.1 Å². The van der Waals surface area contributed by atoms with Crippen molar-refractivity contribution >= 4 is 39.0 Å². The van der Waals surface area contributed by atoms with Gasteiger partial charge in [-0.05, 0) is 54.6 Å². The first-order valence-corrected chi connectivity index (χ1v) is 9.98. The number of rotatable bonds is 5. The highest BCUT2D eigenvalue weighted by Crippen LogP contribution is 2.33. The summed E-state index contributed by atoms with van der Waals surface area (Å²) in [6, 6.07) is 11.0. The molecule has 3 rings (SSSR count). The summed E-state index contributed by atoms with van der Waals surface area (Å²) < 4.78 is 35.6. The lowest BCUT2D eigenvalue weighted by atomic mass is 10.2. The molecule has 0 fully saturated rings. The first kappa shape index (κ1) is 19.0. The molecule has 0 unspecified atom stereocenters. The Labute approximate surface area is 161 Å². The molecule has 7 nitrogen and oxygen atoms in total. The van der Waals surface area contributed by atoms with Crippen LogP contribution in [0.2, 0.25) is 0 Å². The van der Waals surface area contributed by atoms with Crippen molar-refractivity contribution in [2.75, 3.05) is 7.11 Å². The van der Waals surface area contributed by atoms with E-state index in [0.717, 1.165) is 17.3 Å². The Morgan fingerprint density at radius 1 is 1.11 bits per heavy atom. The number of ether oxygens (including phenoxy) is 1. The maximum Gasteiger partial charge on any atom is 0.339 e. The molecule has 1 aliphatic heterocycles. The Balaban J connectivity index is 1.94. The first-order valence-electron chi connectivity index (χ1n) is 7.76. The summed E-state index contributed by atoms with van der Waals surface area (Å²) in [5.41, 5.74) is 7.01. The predicted octanol–water partition coefficient (Wildman–Crippen LogP) is 2.70. The highest BCUT2D eigenvalue weighted by Gasteiger charge is 2.21. The number of amidine groups is 1. The van der Waals surface area contributed by atoms with Crippen LogP contribution >= 0.6 is 11.8 Å². The van der Waals surface area contributed by atoms with Crippen molar-refractivity contribution in [3.8, 4) is 11.5 Å². The molecule has 0 atom stereocenters. The minimum Gasteiger partial charge on any atom is -0.493 e. The number of nitrogens with two attached hydrogens (primary N) is 1. The number of carbonyl (C=O) groups excluding carboxylic acids is 1. The zero-order valence-electron chi connectivity index (χ0n) is 14.5. The molecule has 0 spiro atoms. The van der Waals surface area contributed by atoms with E-state index in [9.17, 15) is 13.2 Å². The lowest BCUT2D eigenvalue weighted by molar-refractivity contribution is -0.113. The SMILES string of the molecule is COc1ccc(C=C2SC(N)=NC2=O)cc1OS(=O)(=O)c1ccc(C)cc1. The molecule has 0 saturated heterocycles. The fraction of sp³-hybridized carbons (Fsp3) is 0.111. The number of methoxy groups -OCH3 is 1. The Bertz CT molecular complexity index is 1060. The van der Waals surface area contributed by atoms with Gasteiger partial charge in [0.1, 0.15) is 4.90 Å². The van der Waals surface area contributed by atoms with Crippen molar-refractivity contribution in [1.82, 2.24) is 0 Å². The van der Waals surface area contributed by atoms with Gasteiger partial charge in [-0.2, -0.15) is 13.4 Å². The topological polar surface area (TPSA) is 108 Å². The largest absolute Gasteiger partial charge is 0.493 e. The molecule has 2 aromatic carbocycles. The van der Waals surface area contributed by atoms with Crippen LogP contribution in [0.4, 0.5) is 0 Å². The maximum atomic E-state index is 12.5. The van der Waals surface area contributed by atoms with Crippen LogP contribution in [0.1, 0.15) is 11.1 Å². The number of carbonyl (C=O) groups is 1. The summed E-state index contributed by atoms with van der Waals surface area (Å²) in [6.07, 6.45) is 1.56. The van der Waals surface area contributed by atoms with E-state index in [1.165, 1.54) is 25.3 Å². The average Bonchev–Trinajstić information content (AvgIpc) is 2.92.